The summed E-state index contributed by atoms with van der Waals surface area (Å²) in [6.45, 7) is 9.31. The molecule has 8 aromatic heterocycles. The van der Waals surface area contributed by atoms with E-state index in [4.69, 9.17) is 0 Å². The monoisotopic (exact) mass is 898 g/mol. The fraction of sp³-hybridized carbons (Fsp3) is 0.415. The number of aromatic nitrogens is 12. The van der Waals surface area contributed by atoms with E-state index in [0.29, 0.717) is 17.3 Å². The number of anilines is 4. The highest BCUT2D eigenvalue weighted by atomic mass is 32.2. The van der Waals surface area contributed by atoms with Crippen molar-refractivity contribution in [2.45, 2.75) is 45.4 Å². The number of aromatic amines is 2. The first-order valence-corrected chi connectivity index (χ1v) is 23.6. The van der Waals surface area contributed by atoms with Crippen molar-refractivity contribution in [3.8, 4) is 22.5 Å². The minimum Gasteiger partial charge on any atom is -0.328 e. The number of rotatable bonds is 14. The summed E-state index contributed by atoms with van der Waals surface area (Å²) in [5.74, 6) is 2.49. The highest BCUT2D eigenvalue weighted by molar-refractivity contribution is 7.84. The number of nitrogens with one attached hydrogen (secondary N) is 4. The molecule has 1 atom stereocenters. The Morgan fingerprint density at radius 1 is 0.855 bits per heavy atom. The van der Waals surface area contributed by atoms with Crippen molar-refractivity contribution in [3.63, 3.8) is 0 Å². The van der Waals surface area contributed by atoms with Crippen LogP contribution in [0.2, 0.25) is 0 Å². The Bertz CT molecular complexity index is 2650. The van der Waals surface area contributed by atoms with E-state index in [-0.39, 0.29) is 0 Å². The van der Waals surface area contributed by atoms with Gasteiger partial charge in [0.05, 0.1) is 64.6 Å². The second kappa shape index (κ2) is 21.1. The summed E-state index contributed by atoms with van der Waals surface area (Å²) in [6.07, 6.45) is 20.8. The van der Waals surface area contributed by atoms with Gasteiger partial charge in [0.1, 0.15) is 10.0 Å². The van der Waals surface area contributed by atoms with Gasteiger partial charge in [-0.15, -0.1) is 4.68 Å². The van der Waals surface area contributed by atoms with Gasteiger partial charge in [0.25, 0.3) is 0 Å². The van der Waals surface area contributed by atoms with Crippen LogP contribution in [0, 0.1) is 6.92 Å². The molecule has 0 bridgehead atoms. The van der Waals surface area contributed by atoms with E-state index < -0.39 is 10.8 Å². The molecule has 62 heavy (non-hydrogen) atoms. The quantitative estimate of drug-likeness (QED) is 0.0970. The largest absolute Gasteiger partial charge is 0.328 e. The maximum atomic E-state index is 12.2. The van der Waals surface area contributed by atoms with Gasteiger partial charge in [-0.1, -0.05) is 13.3 Å². The number of imidazole rings is 2. The van der Waals surface area contributed by atoms with Gasteiger partial charge in [-0.25, -0.2) is 19.9 Å². The highest BCUT2D eigenvalue weighted by Crippen LogP contribution is 2.29. The van der Waals surface area contributed by atoms with E-state index in [0.717, 1.165) is 86.3 Å². The van der Waals surface area contributed by atoms with Crippen LogP contribution in [0.5, 0.6) is 0 Å². The van der Waals surface area contributed by atoms with Crippen LogP contribution in [-0.2, 0) is 30.1 Å². The molecular weight excluding hydrogens is 843 g/mol. The second-order valence-corrected chi connectivity index (χ2v) is 18.8. The van der Waals surface area contributed by atoms with E-state index in [1.54, 1.807) is 12.4 Å². The summed E-state index contributed by atoms with van der Waals surface area (Å²) < 4.78 is 27.2. The number of piperidine rings is 1. The number of hydrogen-bond acceptors (Lipinski definition) is 15. The van der Waals surface area contributed by atoms with Gasteiger partial charge in [0, 0.05) is 60.0 Å². The molecule has 0 aliphatic carbocycles. The molecule has 0 spiro atoms. The Hall–Kier alpha value is -5.45. The molecule has 1 aliphatic rings. The van der Waals surface area contributed by atoms with E-state index in [9.17, 15) is 4.21 Å². The maximum absolute atomic E-state index is 12.2. The molecule has 1 fully saturated rings. The summed E-state index contributed by atoms with van der Waals surface area (Å²) in [7, 11) is 9.08. The zero-order valence-electron chi connectivity index (χ0n) is 36.4. The minimum absolute atomic E-state index is 0.460. The Balaban J connectivity index is 0.000000168. The van der Waals surface area contributed by atoms with Crippen molar-refractivity contribution >= 4 is 66.8 Å². The van der Waals surface area contributed by atoms with Gasteiger partial charge < -0.3 is 20.4 Å². The van der Waals surface area contributed by atoms with Crippen molar-refractivity contribution in [3.05, 3.63) is 85.0 Å². The third kappa shape index (κ3) is 11.7. The van der Waals surface area contributed by atoms with E-state index in [2.05, 4.69) is 91.5 Å². The summed E-state index contributed by atoms with van der Waals surface area (Å²) in [5, 5.41) is 18.6. The smallest absolute Gasteiger partial charge is 0.204 e. The predicted molar refractivity (Wildman–Crippen MR) is 249 cm³/mol. The van der Waals surface area contributed by atoms with Crippen LogP contribution in [-0.4, -0.2) is 132 Å². The molecule has 1 unspecified atom stereocenters. The molecule has 9 heterocycles. The molecule has 328 valence electrons. The Labute approximate surface area is 372 Å². The van der Waals surface area contributed by atoms with Gasteiger partial charge in [-0.3, -0.25) is 23.0 Å². The fourth-order valence-corrected chi connectivity index (χ4v) is 9.19. The topological polar surface area (TPSA) is 185 Å². The molecule has 8 aromatic rings. The normalized spacial score (nSPS) is 13.6. The molecule has 0 amide bonds. The lowest BCUT2D eigenvalue weighted by Crippen LogP contribution is -2.29. The summed E-state index contributed by atoms with van der Waals surface area (Å²) in [4.78, 5) is 24.9. The van der Waals surface area contributed by atoms with Gasteiger partial charge in [0.15, 0.2) is 30.0 Å². The van der Waals surface area contributed by atoms with E-state index in [1.807, 2.05) is 95.9 Å². The molecule has 0 saturated carbocycles. The number of aryl methyl sites for hydroxylation is 2. The lowest BCUT2D eigenvalue weighted by Gasteiger charge is -2.25. The van der Waals surface area contributed by atoms with Gasteiger partial charge in [0.2, 0.25) is 6.20 Å². The van der Waals surface area contributed by atoms with Gasteiger partial charge in [-0.2, -0.15) is 18.9 Å². The van der Waals surface area contributed by atoms with Crippen LogP contribution in [0.4, 0.5) is 21.6 Å². The number of nitrogens with zero attached hydrogens (tertiary/aromatic N) is 13. The molecule has 18 nitrogen and oxygen atoms in total. The SMILES string of the molecule is CCN(C)C.CN(C)CCS(=O)Cc1cc(Nc2nccn3c(-c4c[nH][n+](C)c4)cnc23)sn1.Cc1cn2c(-c3cn[nH]c3)cnc2c(Nc2cc(CN3CCCCC3)ns2)n1. The zero-order valence-corrected chi connectivity index (χ0v) is 38.8. The molecule has 1 aliphatic heterocycles. The van der Waals surface area contributed by atoms with Crippen molar-refractivity contribution in [2.75, 3.05) is 70.8 Å². The first-order valence-electron chi connectivity index (χ1n) is 20.5. The lowest BCUT2D eigenvalue weighted by molar-refractivity contribution is -0.726. The summed E-state index contributed by atoms with van der Waals surface area (Å²) in [6, 6.07) is 4.05. The van der Waals surface area contributed by atoms with Crippen LogP contribution in [0.3, 0.4) is 0 Å². The Morgan fingerprint density at radius 2 is 1.53 bits per heavy atom. The number of likely N-dealkylation sites (tertiary alicyclic amines) is 1. The van der Waals surface area contributed by atoms with Crippen LogP contribution < -0.4 is 15.3 Å². The van der Waals surface area contributed by atoms with Crippen molar-refractivity contribution < 1.29 is 8.89 Å². The molecule has 1 saturated heterocycles. The molecule has 0 radical (unpaired) electrons. The maximum Gasteiger partial charge on any atom is 0.204 e. The highest BCUT2D eigenvalue weighted by Gasteiger charge is 2.17. The Morgan fingerprint density at radius 3 is 2.19 bits per heavy atom. The van der Waals surface area contributed by atoms with Crippen molar-refractivity contribution in [1.82, 2.24) is 67.5 Å². The third-order valence-electron chi connectivity index (χ3n) is 10.0. The molecule has 21 heteroatoms. The lowest BCUT2D eigenvalue weighted by atomic mass is 10.1. The fourth-order valence-electron chi connectivity index (χ4n) is 6.60. The molecule has 4 N–H and O–H groups in total. The number of fused-ring (bicyclic) bond motifs is 2. The van der Waals surface area contributed by atoms with Gasteiger partial charge >= 0.3 is 0 Å². The first kappa shape index (κ1) is 44.6. The number of hydrogen-bond donors (Lipinski definition) is 4. The number of H-pyrrole nitrogens is 2. The van der Waals surface area contributed by atoms with Crippen LogP contribution >= 0.6 is 23.1 Å². The predicted octanol–water partition coefficient (Wildman–Crippen LogP) is 5.74. The van der Waals surface area contributed by atoms with Crippen LogP contribution in [0.15, 0.2) is 67.9 Å². The Kier molecular flexibility index (Phi) is 15.2. The third-order valence-corrected chi connectivity index (χ3v) is 12.8. The minimum atomic E-state index is -0.925. The average Bonchev–Trinajstić information content (AvgIpc) is 4.12. The van der Waals surface area contributed by atoms with Crippen LogP contribution in [0.1, 0.15) is 43.3 Å². The van der Waals surface area contributed by atoms with Gasteiger partial charge in [-0.05, 0) is 103 Å². The first-order chi connectivity index (χ1) is 30.0. The average molecular weight is 899 g/mol. The zero-order chi connectivity index (χ0) is 43.6. The molecular formula is C41H56N17OS3+. The summed E-state index contributed by atoms with van der Waals surface area (Å²) in [5.41, 5.74) is 8.35. The van der Waals surface area contributed by atoms with E-state index >= 15 is 0 Å². The molecule has 0 aromatic carbocycles. The van der Waals surface area contributed by atoms with Crippen molar-refractivity contribution in [1.29, 1.82) is 0 Å². The summed E-state index contributed by atoms with van der Waals surface area (Å²) >= 11 is 2.81. The van der Waals surface area contributed by atoms with E-state index in [1.165, 1.54) is 55.4 Å². The second-order valence-electron chi connectivity index (χ2n) is 15.6. The molecule has 9 rings (SSSR count). The van der Waals surface area contributed by atoms with Crippen LogP contribution in [0.25, 0.3) is 33.8 Å². The van der Waals surface area contributed by atoms with Crippen molar-refractivity contribution in [2.24, 2.45) is 7.05 Å². The standard InChI is InChI=1S/C19H22N8S.C18H22N8OS2.C4H11N/c1-13-11-27-16(14-8-21-22-9-14)10-20-19(27)18(23-13)24-17-7-15(25-28-17)12-26-5-3-2-4-6-26;1-24(2)6-7-29(27)12-14-8-16(28-23-14)22-17-18-20-10-15(26(18)5-4-19-17)13-9-21-25(3)11-13;1-4-5(2)3/h7-11H,2-6,12H2,1H3,(H,21,22)(H,23,24);4-5,8-11H,6-7,12H2,1-3H3,(H,19,22,23);4H2,1-3H3/p+1.